The third-order valence-corrected chi connectivity index (χ3v) is 4.81. The number of imide groups is 1. The lowest BCUT2D eigenvalue weighted by Crippen LogP contribution is -2.38. The molecule has 2 aromatic rings. The molecule has 0 aliphatic carbocycles. The minimum Gasteiger partial charge on any atom is -0.493 e. The van der Waals surface area contributed by atoms with Crippen LogP contribution in [0, 0.1) is 6.92 Å². The van der Waals surface area contributed by atoms with Gasteiger partial charge in [0.05, 0.1) is 18.7 Å². The number of aryl methyl sites for hydroxylation is 1. The Bertz CT molecular complexity index is 1050. The summed E-state index contributed by atoms with van der Waals surface area (Å²) in [4.78, 5) is 38.1. The largest absolute Gasteiger partial charge is 0.493 e. The summed E-state index contributed by atoms with van der Waals surface area (Å²) in [6.07, 6.45) is 1.43. The first-order valence-corrected chi connectivity index (χ1v) is 9.91. The van der Waals surface area contributed by atoms with Crippen molar-refractivity contribution in [1.82, 2.24) is 10.2 Å². The first kappa shape index (κ1) is 22.2. The Morgan fingerprint density at radius 1 is 1.19 bits per heavy atom. The summed E-state index contributed by atoms with van der Waals surface area (Å²) < 4.78 is 10.8. The highest BCUT2D eigenvalue weighted by molar-refractivity contribution is 6.32. The normalized spacial score (nSPS) is 14.6. The number of hydrogen-bond donors (Lipinski definition) is 2. The van der Waals surface area contributed by atoms with Gasteiger partial charge in [-0.15, -0.1) is 0 Å². The molecule has 1 aliphatic rings. The van der Waals surface area contributed by atoms with Crippen LogP contribution in [0.2, 0.25) is 5.02 Å². The maximum Gasteiger partial charge on any atom is 0.329 e. The van der Waals surface area contributed by atoms with Gasteiger partial charge in [0.2, 0.25) is 5.91 Å². The van der Waals surface area contributed by atoms with Crippen molar-refractivity contribution in [2.75, 3.05) is 25.6 Å². The van der Waals surface area contributed by atoms with E-state index in [2.05, 4.69) is 10.6 Å². The Kier molecular flexibility index (Phi) is 6.81. The first-order chi connectivity index (χ1) is 14.8. The van der Waals surface area contributed by atoms with Gasteiger partial charge in [-0.25, -0.2) is 9.69 Å². The van der Waals surface area contributed by atoms with Crippen molar-refractivity contribution in [2.24, 2.45) is 0 Å². The molecule has 162 valence electrons. The number of rotatable bonds is 7. The topological polar surface area (TPSA) is 97.0 Å². The van der Waals surface area contributed by atoms with Crippen LogP contribution in [0.5, 0.6) is 11.5 Å². The highest BCUT2D eigenvalue weighted by Crippen LogP contribution is 2.34. The summed E-state index contributed by atoms with van der Waals surface area (Å²) in [6.45, 7) is 3.75. The molecule has 0 unspecified atom stereocenters. The standard InChI is InChI=1S/C22H22ClN3O5/c1-4-31-19-10-14(16(23)11-18(19)30-3)9-17-21(28)26(22(29)25-17)12-20(27)24-15-7-5-13(2)6-8-15/h5-11H,4,12H2,1-3H3,(H,24,27)(H,25,29)/b17-9+. The predicted molar refractivity (Wildman–Crippen MR) is 117 cm³/mol. The van der Waals surface area contributed by atoms with Crippen LogP contribution in [0.1, 0.15) is 18.1 Å². The lowest BCUT2D eigenvalue weighted by Gasteiger charge is -2.12. The van der Waals surface area contributed by atoms with Gasteiger partial charge in [0, 0.05) is 11.8 Å². The fourth-order valence-electron chi connectivity index (χ4n) is 2.94. The Morgan fingerprint density at radius 3 is 2.55 bits per heavy atom. The summed E-state index contributed by atoms with van der Waals surface area (Å²) in [7, 11) is 1.49. The van der Waals surface area contributed by atoms with E-state index in [-0.39, 0.29) is 5.70 Å². The molecule has 0 aromatic heterocycles. The Hall–Kier alpha value is -3.52. The molecule has 0 radical (unpaired) electrons. The van der Waals surface area contributed by atoms with E-state index < -0.39 is 24.4 Å². The van der Waals surface area contributed by atoms with E-state index in [0.717, 1.165) is 10.5 Å². The van der Waals surface area contributed by atoms with Crippen LogP contribution in [-0.2, 0) is 9.59 Å². The van der Waals surface area contributed by atoms with E-state index in [1.807, 2.05) is 26.0 Å². The van der Waals surface area contributed by atoms with Crippen LogP contribution in [0.15, 0.2) is 42.1 Å². The van der Waals surface area contributed by atoms with Gasteiger partial charge >= 0.3 is 6.03 Å². The van der Waals surface area contributed by atoms with Crippen molar-refractivity contribution in [3.8, 4) is 11.5 Å². The molecule has 4 amide bonds. The van der Waals surface area contributed by atoms with Gasteiger partial charge in [-0.3, -0.25) is 9.59 Å². The van der Waals surface area contributed by atoms with Crippen LogP contribution in [0.4, 0.5) is 10.5 Å². The molecular weight excluding hydrogens is 422 g/mol. The van der Waals surface area contributed by atoms with Gasteiger partial charge in [-0.1, -0.05) is 29.3 Å². The van der Waals surface area contributed by atoms with Gasteiger partial charge < -0.3 is 20.1 Å². The zero-order chi connectivity index (χ0) is 22.5. The second-order valence-electron chi connectivity index (χ2n) is 6.75. The van der Waals surface area contributed by atoms with Gasteiger partial charge in [0.15, 0.2) is 11.5 Å². The molecule has 0 bridgehead atoms. The molecule has 0 atom stereocenters. The second kappa shape index (κ2) is 9.53. The van der Waals surface area contributed by atoms with Gasteiger partial charge in [-0.05, 0) is 43.7 Å². The lowest BCUT2D eigenvalue weighted by atomic mass is 10.1. The van der Waals surface area contributed by atoms with Crippen LogP contribution in [0.3, 0.4) is 0 Å². The van der Waals surface area contributed by atoms with Crippen molar-refractivity contribution in [2.45, 2.75) is 13.8 Å². The average Bonchev–Trinajstić information content (AvgIpc) is 2.99. The fraction of sp³-hybridized carbons (Fsp3) is 0.227. The summed E-state index contributed by atoms with van der Waals surface area (Å²) in [5, 5.41) is 5.45. The number of nitrogens with zero attached hydrogens (tertiary/aromatic N) is 1. The fourth-order valence-corrected chi connectivity index (χ4v) is 3.15. The molecule has 1 fully saturated rings. The highest BCUT2D eigenvalue weighted by Gasteiger charge is 2.35. The summed E-state index contributed by atoms with van der Waals surface area (Å²) in [5.41, 5.74) is 2.08. The van der Waals surface area contributed by atoms with Crippen LogP contribution < -0.4 is 20.1 Å². The Morgan fingerprint density at radius 2 is 1.90 bits per heavy atom. The molecule has 0 spiro atoms. The number of carbonyl (C=O) groups excluding carboxylic acids is 3. The maximum atomic E-state index is 12.7. The minimum absolute atomic E-state index is 0.00245. The van der Waals surface area contributed by atoms with Gasteiger partial charge in [-0.2, -0.15) is 0 Å². The number of benzene rings is 2. The summed E-state index contributed by atoms with van der Waals surface area (Å²) in [5.74, 6) is -0.221. The molecule has 31 heavy (non-hydrogen) atoms. The first-order valence-electron chi connectivity index (χ1n) is 9.53. The summed E-state index contributed by atoms with van der Waals surface area (Å²) >= 11 is 6.28. The number of anilines is 1. The molecular formula is C22H22ClN3O5. The predicted octanol–water partition coefficient (Wildman–Crippen LogP) is 3.59. The quantitative estimate of drug-likeness (QED) is 0.503. The molecule has 8 nitrogen and oxygen atoms in total. The molecule has 9 heteroatoms. The van der Waals surface area contributed by atoms with Crippen LogP contribution in [-0.4, -0.2) is 43.0 Å². The number of amides is 4. The van der Waals surface area contributed by atoms with E-state index in [0.29, 0.717) is 34.4 Å². The zero-order valence-corrected chi connectivity index (χ0v) is 18.1. The maximum absolute atomic E-state index is 12.7. The van der Waals surface area contributed by atoms with E-state index in [1.165, 1.54) is 13.2 Å². The molecule has 1 aliphatic heterocycles. The number of hydrogen-bond acceptors (Lipinski definition) is 5. The van der Waals surface area contributed by atoms with E-state index in [9.17, 15) is 14.4 Å². The van der Waals surface area contributed by atoms with Crippen molar-refractivity contribution in [1.29, 1.82) is 0 Å². The monoisotopic (exact) mass is 443 g/mol. The number of ether oxygens (including phenoxy) is 2. The number of halogens is 1. The third-order valence-electron chi connectivity index (χ3n) is 4.48. The van der Waals surface area contributed by atoms with E-state index >= 15 is 0 Å². The number of methoxy groups -OCH3 is 1. The minimum atomic E-state index is -0.690. The van der Waals surface area contributed by atoms with Gasteiger partial charge in [0.1, 0.15) is 12.2 Å². The van der Waals surface area contributed by atoms with Crippen molar-refractivity contribution in [3.05, 3.63) is 58.2 Å². The SMILES string of the molecule is CCOc1cc(/C=C2/NC(=O)N(CC(=O)Nc3ccc(C)cc3)C2=O)c(Cl)cc1OC. The van der Waals surface area contributed by atoms with Crippen molar-refractivity contribution in [3.63, 3.8) is 0 Å². The Balaban J connectivity index is 1.76. The summed E-state index contributed by atoms with van der Waals surface area (Å²) in [6, 6.07) is 9.66. The second-order valence-corrected chi connectivity index (χ2v) is 7.16. The molecule has 2 N–H and O–H groups in total. The smallest absolute Gasteiger partial charge is 0.329 e. The molecule has 2 aromatic carbocycles. The Labute approximate surface area is 184 Å². The third kappa shape index (κ3) is 5.16. The number of carbonyl (C=O) groups is 3. The average molecular weight is 444 g/mol. The molecule has 0 saturated carbocycles. The lowest BCUT2D eigenvalue weighted by molar-refractivity contribution is -0.127. The van der Waals surface area contributed by atoms with E-state index in [1.54, 1.807) is 24.3 Å². The van der Waals surface area contributed by atoms with Crippen LogP contribution >= 0.6 is 11.6 Å². The van der Waals surface area contributed by atoms with Crippen LogP contribution in [0.25, 0.3) is 6.08 Å². The number of urea groups is 1. The molecule has 3 rings (SSSR count). The number of nitrogens with one attached hydrogen (secondary N) is 2. The zero-order valence-electron chi connectivity index (χ0n) is 17.3. The van der Waals surface area contributed by atoms with Crippen molar-refractivity contribution < 1.29 is 23.9 Å². The van der Waals surface area contributed by atoms with Gasteiger partial charge in [0.25, 0.3) is 5.91 Å². The highest BCUT2D eigenvalue weighted by atomic mass is 35.5. The van der Waals surface area contributed by atoms with Crippen molar-refractivity contribution >= 4 is 41.2 Å². The van der Waals surface area contributed by atoms with E-state index in [4.69, 9.17) is 21.1 Å². The molecule has 1 heterocycles. The molecule has 1 saturated heterocycles.